The van der Waals surface area contributed by atoms with Gasteiger partial charge in [-0.25, -0.2) is 0 Å². The van der Waals surface area contributed by atoms with Crippen molar-refractivity contribution in [2.75, 3.05) is 14.2 Å². The summed E-state index contributed by atoms with van der Waals surface area (Å²) in [6.07, 6.45) is 0. The van der Waals surface area contributed by atoms with E-state index in [4.69, 9.17) is 9.47 Å². The zero-order valence-corrected chi connectivity index (χ0v) is 17.7. The molecule has 0 saturated heterocycles. The standard InChI is InChI=1S/C24H25NO3S/c1-17(22-15-20(27-2)13-14-23(22)28-3)25-24(26)19-11-9-18(10-12-19)16-29-21-7-5-4-6-8-21/h4-15,17H,16H2,1-3H3,(H,25,26)/t17-/m0/s1. The van der Waals surface area contributed by atoms with Gasteiger partial charge < -0.3 is 14.8 Å². The van der Waals surface area contributed by atoms with Gasteiger partial charge in [0, 0.05) is 21.8 Å². The van der Waals surface area contributed by atoms with Crippen molar-refractivity contribution in [2.45, 2.75) is 23.6 Å². The second-order valence-corrected chi connectivity index (χ2v) is 7.65. The van der Waals surface area contributed by atoms with E-state index in [2.05, 4.69) is 17.4 Å². The van der Waals surface area contributed by atoms with Crippen molar-refractivity contribution in [3.05, 3.63) is 89.5 Å². The average molecular weight is 408 g/mol. The molecule has 29 heavy (non-hydrogen) atoms. The Morgan fingerprint density at radius 3 is 2.34 bits per heavy atom. The van der Waals surface area contributed by atoms with Crippen molar-refractivity contribution in [1.82, 2.24) is 5.32 Å². The van der Waals surface area contributed by atoms with Gasteiger partial charge in [0.15, 0.2) is 0 Å². The van der Waals surface area contributed by atoms with E-state index in [-0.39, 0.29) is 11.9 Å². The molecular weight excluding hydrogens is 382 g/mol. The molecule has 0 fully saturated rings. The maximum absolute atomic E-state index is 12.7. The van der Waals surface area contributed by atoms with Crippen LogP contribution in [0.1, 0.15) is 34.5 Å². The van der Waals surface area contributed by atoms with Gasteiger partial charge in [0.2, 0.25) is 0 Å². The van der Waals surface area contributed by atoms with Gasteiger partial charge in [-0.3, -0.25) is 4.79 Å². The van der Waals surface area contributed by atoms with Gasteiger partial charge in [0.25, 0.3) is 5.91 Å². The first-order chi connectivity index (χ1) is 14.1. The minimum Gasteiger partial charge on any atom is -0.497 e. The number of hydrogen-bond donors (Lipinski definition) is 1. The molecule has 0 heterocycles. The maximum atomic E-state index is 12.7. The number of rotatable bonds is 8. The first-order valence-electron chi connectivity index (χ1n) is 9.40. The monoisotopic (exact) mass is 407 g/mol. The van der Waals surface area contributed by atoms with Crippen LogP contribution in [0.15, 0.2) is 77.7 Å². The highest BCUT2D eigenvalue weighted by atomic mass is 32.2. The molecule has 3 aromatic rings. The number of carbonyl (C=O) groups excluding carboxylic acids is 1. The molecule has 150 valence electrons. The van der Waals surface area contributed by atoms with Crippen molar-refractivity contribution < 1.29 is 14.3 Å². The van der Waals surface area contributed by atoms with E-state index in [0.717, 1.165) is 17.1 Å². The molecule has 0 saturated carbocycles. The van der Waals surface area contributed by atoms with Crippen LogP contribution in [0.5, 0.6) is 11.5 Å². The zero-order valence-electron chi connectivity index (χ0n) is 16.8. The van der Waals surface area contributed by atoms with E-state index in [1.54, 1.807) is 26.0 Å². The third kappa shape index (κ3) is 5.55. The highest BCUT2D eigenvalue weighted by Gasteiger charge is 2.16. The fourth-order valence-electron chi connectivity index (χ4n) is 2.97. The van der Waals surface area contributed by atoms with Crippen LogP contribution in [0.2, 0.25) is 0 Å². The molecule has 3 aromatic carbocycles. The number of methoxy groups -OCH3 is 2. The van der Waals surface area contributed by atoms with Gasteiger partial charge in [-0.05, 0) is 55.0 Å². The lowest BCUT2D eigenvalue weighted by atomic mass is 10.1. The molecule has 0 aromatic heterocycles. The van der Waals surface area contributed by atoms with Crippen LogP contribution in [0.4, 0.5) is 0 Å². The predicted molar refractivity (Wildman–Crippen MR) is 118 cm³/mol. The number of benzene rings is 3. The molecule has 5 heteroatoms. The fraction of sp³-hybridized carbons (Fsp3) is 0.208. The van der Waals surface area contributed by atoms with Crippen molar-refractivity contribution in [3.63, 3.8) is 0 Å². The molecule has 4 nitrogen and oxygen atoms in total. The summed E-state index contributed by atoms with van der Waals surface area (Å²) in [5, 5.41) is 3.04. The third-order valence-electron chi connectivity index (χ3n) is 4.62. The lowest BCUT2D eigenvalue weighted by molar-refractivity contribution is 0.0939. The molecule has 1 N–H and O–H groups in total. The molecule has 0 aliphatic carbocycles. The van der Waals surface area contributed by atoms with E-state index in [0.29, 0.717) is 11.3 Å². The largest absolute Gasteiger partial charge is 0.497 e. The molecule has 0 aliphatic rings. The van der Waals surface area contributed by atoms with Crippen LogP contribution < -0.4 is 14.8 Å². The van der Waals surface area contributed by atoms with Crippen LogP contribution in [0.3, 0.4) is 0 Å². The maximum Gasteiger partial charge on any atom is 0.251 e. The van der Waals surface area contributed by atoms with E-state index >= 15 is 0 Å². The molecular formula is C24H25NO3S. The van der Waals surface area contributed by atoms with Crippen molar-refractivity contribution in [1.29, 1.82) is 0 Å². The molecule has 0 unspecified atom stereocenters. The number of thioether (sulfide) groups is 1. The summed E-state index contributed by atoms with van der Waals surface area (Å²) in [5.74, 6) is 2.18. The van der Waals surface area contributed by atoms with Gasteiger partial charge in [-0.2, -0.15) is 0 Å². The first-order valence-corrected chi connectivity index (χ1v) is 10.4. The first kappa shape index (κ1) is 20.8. The van der Waals surface area contributed by atoms with Gasteiger partial charge in [-0.1, -0.05) is 30.3 Å². The Labute approximate surface area is 176 Å². The van der Waals surface area contributed by atoms with Crippen LogP contribution in [-0.4, -0.2) is 20.1 Å². The van der Waals surface area contributed by atoms with Crippen LogP contribution in [0.25, 0.3) is 0 Å². The molecule has 0 aliphatic heterocycles. The topological polar surface area (TPSA) is 47.6 Å². The fourth-order valence-corrected chi connectivity index (χ4v) is 3.85. The Hall–Kier alpha value is -2.92. The number of amides is 1. The summed E-state index contributed by atoms with van der Waals surface area (Å²) in [6.45, 7) is 1.93. The van der Waals surface area contributed by atoms with E-state index in [9.17, 15) is 4.79 Å². The Bertz CT molecular complexity index is 942. The van der Waals surface area contributed by atoms with E-state index in [1.807, 2.05) is 67.6 Å². The molecule has 1 atom stereocenters. The molecule has 0 radical (unpaired) electrons. The highest BCUT2D eigenvalue weighted by Crippen LogP contribution is 2.29. The van der Waals surface area contributed by atoms with Crippen LogP contribution in [-0.2, 0) is 5.75 Å². The average Bonchev–Trinajstić information content (AvgIpc) is 2.78. The van der Waals surface area contributed by atoms with Crippen LogP contribution in [0, 0.1) is 0 Å². The van der Waals surface area contributed by atoms with Gasteiger partial charge >= 0.3 is 0 Å². The second-order valence-electron chi connectivity index (χ2n) is 6.60. The summed E-state index contributed by atoms with van der Waals surface area (Å²) in [7, 11) is 3.23. The molecule has 1 amide bonds. The summed E-state index contributed by atoms with van der Waals surface area (Å²) < 4.78 is 10.7. The minimum absolute atomic E-state index is 0.121. The Morgan fingerprint density at radius 1 is 0.966 bits per heavy atom. The number of carbonyl (C=O) groups is 1. The normalized spacial score (nSPS) is 11.6. The molecule has 0 bridgehead atoms. The van der Waals surface area contributed by atoms with Crippen molar-refractivity contribution in [3.8, 4) is 11.5 Å². The van der Waals surface area contributed by atoms with E-state index < -0.39 is 0 Å². The Kier molecular flexibility index (Phi) is 7.19. The van der Waals surface area contributed by atoms with Crippen LogP contribution >= 0.6 is 11.8 Å². The van der Waals surface area contributed by atoms with E-state index in [1.165, 1.54) is 10.5 Å². The minimum atomic E-state index is -0.221. The predicted octanol–water partition coefficient (Wildman–Crippen LogP) is 5.49. The summed E-state index contributed by atoms with van der Waals surface area (Å²) in [5.41, 5.74) is 2.68. The lowest BCUT2D eigenvalue weighted by Gasteiger charge is -2.18. The Balaban J connectivity index is 1.63. The third-order valence-corrected chi connectivity index (χ3v) is 5.70. The molecule has 0 spiro atoms. The number of ether oxygens (including phenoxy) is 2. The second kappa shape index (κ2) is 10.0. The van der Waals surface area contributed by atoms with Gasteiger partial charge in [-0.15, -0.1) is 11.8 Å². The number of nitrogens with one attached hydrogen (secondary N) is 1. The van der Waals surface area contributed by atoms with Crippen molar-refractivity contribution >= 4 is 17.7 Å². The van der Waals surface area contributed by atoms with Crippen molar-refractivity contribution in [2.24, 2.45) is 0 Å². The summed E-state index contributed by atoms with van der Waals surface area (Å²) in [4.78, 5) is 13.9. The smallest absolute Gasteiger partial charge is 0.251 e. The highest BCUT2D eigenvalue weighted by molar-refractivity contribution is 7.98. The quantitative estimate of drug-likeness (QED) is 0.502. The summed E-state index contributed by atoms with van der Waals surface area (Å²) in [6, 6.07) is 23.4. The zero-order chi connectivity index (χ0) is 20.6. The SMILES string of the molecule is COc1ccc(OC)c([C@H](C)NC(=O)c2ccc(CSc3ccccc3)cc2)c1. The Morgan fingerprint density at radius 2 is 1.69 bits per heavy atom. The molecule has 3 rings (SSSR count). The lowest BCUT2D eigenvalue weighted by Crippen LogP contribution is -2.27. The summed E-state index contributed by atoms with van der Waals surface area (Å²) >= 11 is 1.78. The van der Waals surface area contributed by atoms with Gasteiger partial charge in [0.1, 0.15) is 11.5 Å². The van der Waals surface area contributed by atoms with Gasteiger partial charge in [0.05, 0.1) is 20.3 Å². The number of hydrogen-bond acceptors (Lipinski definition) is 4.